The number of hydrogen-bond donors (Lipinski definition) is 1. The highest BCUT2D eigenvalue weighted by molar-refractivity contribution is 5.46. The average molecular weight is 282 g/mol. The van der Waals surface area contributed by atoms with Crippen molar-refractivity contribution < 1.29 is 9.13 Å². The lowest BCUT2D eigenvalue weighted by Gasteiger charge is -2.23. The summed E-state index contributed by atoms with van der Waals surface area (Å²) in [6.07, 6.45) is 2.31. The Labute approximate surface area is 122 Å². The van der Waals surface area contributed by atoms with Crippen LogP contribution in [0.3, 0.4) is 0 Å². The maximum Gasteiger partial charge on any atom is 0.123 e. The molecule has 0 aliphatic carbocycles. The summed E-state index contributed by atoms with van der Waals surface area (Å²) in [5.74, 6) is -0.188. The first-order valence-corrected chi connectivity index (χ1v) is 7.57. The molecular weight excluding hydrogens is 255 g/mol. The van der Waals surface area contributed by atoms with Gasteiger partial charge in [0.2, 0.25) is 0 Å². The SMILES string of the molecule is CCCCOCCNCCN(CC)c1ccc(F)cc1. The number of unbranched alkanes of at least 4 members (excludes halogenated alkanes) is 1. The van der Waals surface area contributed by atoms with Crippen LogP contribution in [0.2, 0.25) is 0 Å². The molecule has 1 aromatic rings. The van der Waals surface area contributed by atoms with Crippen LogP contribution in [0.25, 0.3) is 0 Å². The largest absolute Gasteiger partial charge is 0.380 e. The maximum absolute atomic E-state index is 12.9. The van der Waals surface area contributed by atoms with Crippen LogP contribution >= 0.6 is 0 Å². The predicted molar refractivity (Wildman–Crippen MR) is 82.9 cm³/mol. The molecule has 0 unspecified atom stereocenters. The second kappa shape index (κ2) is 10.6. The van der Waals surface area contributed by atoms with Gasteiger partial charge in [-0.05, 0) is 37.6 Å². The Hall–Kier alpha value is -1.13. The molecule has 1 rings (SSSR count). The molecule has 0 radical (unpaired) electrons. The van der Waals surface area contributed by atoms with Crippen molar-refractivity contribution in [2.75, 3.05) is 44.3 Å². The van der Waals surface area contributed by atoms with Crippen LogP contribution in [-0.4, -0.2) is 39.4 Å². The second-order valence-corrected chi connectivity index (χ2v) is 4.77. The summed E-state index contributed by atoms with van der Waals surface area (Å²) in [4.78, 5) is 2.23. The van der Waals surface area contributed by atoms with Gasteiger partial charge in [0.1, 0.15) is 5.82 Å². The molecular formula is C16H27FN2O. The molecule has 1 N–H and O–H groups in total. The highest BCUT2D eigenvalue weighted by atomic mass is 19.1. The molecule has 0 bridgehead atoms. The topological polar surface area (TPSA) is 24.5 Å². The summed E-state index contributed by atoms with van der Waals surface area (Å²) < 4.78 is 18.4. The molecule has 0 saturated carbocycles. The molecule has 0 aliphatic heterocycles. The Morgan fingerprint density at radius 1 is 1.10 bits per heavy atom. The van der Waals surface area contributed by atoms with E-state index in [0.29, 0.717) is 0 Å². The van der Waals surface area contributed by atoms with Crippen LogP contribution in [0.4, 0.5) is 10.1 Å². The van der Waals surface area contributed by atoms with Gasteiger partial charge in [0.05, 0.1) is 6.61 Å². The minimum Gasteiger partial charge on any atom is -0.380 e. The molecule has 0 amide bonds. The van der Waals surface area contributed by atoms with Crippen LogP contribution in [0.15, 0.2) is 24.3 Å². The summed E-state index contributed by atoms with van der Waals surface area (Å²) >= 11 is 0. The minimum atomic E-state index is -0.188. The third-order valence-corrected chi connectivity index (χ3v) is 3.20. The Morgan fingerprint density at radius 2 is 1.85 bits per heavy atom. The molecule has 3 nitrogen and oxygen atoms in total. The number of benzene rings is 1. The van der Waals surface area contributed by atoms with E-state index in [0.717, 1.165) is 51.5 Å². The van der Waals surface area contributed by atoms with E-state index in [-0.39, 0.29) is 5.82 Å². The van der Waals surface area contributed by atoms with E-state index in [1.165, 1.54) is 18.6 Å². The zero-order valence-electron chi connectivity index (χ0n) is 12.7. The quantitative estimate of drug-likeness (QED) is 0.631. The van der Waals surface area contributed by atoms with Crippen LogP contribution in [0.1, 0.15) is 26.7 Å². The lowest BCUT2D eigenvalue weighted by Crippen LogP contribution is -2.33. The van der Waals surface area contributed by atoms with Crippen molar-refractivity contribution >= 4 is 5.69 Å². The first-order valence-electron chi connectivity index (χ1n) is 7.57. The zero-order valence-corrected chi connectivity index (χ0v) is 12.7. The smallest absolute Gasteiger partial charge is 0.123 e. The van der Waals surface area contributed by atoms with Crippen LogP contribution in [0.5, 0.6) is 0 Å². The van der Waals surface area contributed by atoms with Crippen molar-refractivity contribution in [1.29, 1.82) is 0 Å². The van der Waals surface area contributed by atoms with E-state index in [4.69, 9.17) is 4.74 Å². The number of anilines is 1. The van der Waals surface area contributed by atoms with E-state index in [2.05, 4.69) is 24.1 Å². The number of halogens is 1. The Kier molecular flexibility index (Phi) is 9.00. The molecule has 0 aliphatic rings. The van der Waals surface area contributed by atoms with Crippen LogP contribution in [-0.2, 0) is 4.74 Å². The van der Waals surface area contributed by atoms with Gasteiger partial charge in [0.15, 0.2) is 0 Å². The highest BCUT2D eigenvalue weighted by Crippen LogP contribution is 2.13. The number of rotatable bonds is 11. The van der Waals surface area contributed by atoms with Crippen molar-refractivity contribution in [1.82, 2.24) is 5.32 Å². The number of nitrogens with one attached hydrogen (secondary N) is 1. The van der Waals surface area contributed by atoms with Crippen molar-refractivity contribution in [3.05, 3.63) is 30.1 Å². The van der Waals surface area contributed by atoms with Crippen LogP contribution < -0.4 is 10.2 Å². The number of hydrogen-bond acceptors (Lipinski definition) is 3. The van der Waals surface area contributed by atoms with Gasteiger partial charge in [-0.1, -0.05) is 13.3 Å². The first kappa shape index (κ1) is 16.9. The lowest BCUT2D eigenvalue weighted by molar-refractivity contribution is 0.133. The van der Waals surface area contributed by atoms with E-state index in [1.807, 2.05) is 12.1 Å². The van der Waals surface area contributed by atoms with Gasteiger partial charge in [-0.15, -0.1) is 0 Å². The van der Waals surface area contributed by atoms with Crippen molar-refractivity contribution in [2.24, 2.45) is 0 Å². The van der Waals surface area contributed by atoms with E-state index < -0.39 is 0 Å². The van der Waals surface area contributed by atoms with Crippen molar-refractivity contribution in [2.45, 2.75) is 26.7 Å². The molecule has 0 spiro atoms. The standard InChI is InChI=1S/C16H27FN2O/c1-3-5-13-20-14-11-18-10-12-19(4-2)16-8-6-15(17)7-9-16/h6-9,18H,3-5,10-14H2,1-2H3. The van der Waals surface area contributed by atoms with Crippen molar-refractivity contribution in [3.63, 3.8) is 0 Å². The van der Waals surface area contributed by atoms with E-state index in [9.17, 15) is 4.39 Å². The molecule has 0 heterocycles. The Bertz CT molecular complexity index is 343. The summed E-state index contributed by atoms with van der Waals surface area (Å²) in [7, 11) is 0. The minimum absolute atomic E-state index is 0.188. The highest BCUT2D eigenvalue weighted by Gasteiger charge is 2.03. The van der Waals surface area contributed by atoms with Gasteiger partial charge in [-0.3, -0.25) is 0 Å². The van der Waals surface area contributed by atoms with Crippen LogP contribution in [0, 0.1) is 5.82 Å². The average Bonchev–Trinajstić information content (AvgIpc) is 2.47. The van der Waals surface area contributed by atoms with E-state index in [1.54, 1.807) is 0 Å². The predicted octanol–water partition coefficient (Wildman–Crippen LogP) is 3.06. The van der Waals surface area contributed by atoms with Gasteiger partial charge in [-0.2, -0.15) is 0 Å². The summed E-state index contributed by atoms with van der Waals surface area (Å²) in [6.45, 7) is 9.51. The van der Waals surface area contributed by atoms with Gasteiger partial charge in [0, 0.05) is 38.5 Å². The molecule has 20 heavy (non-hydrogen) atoms. The van der Waals surface area contributed by atoms with Gasteiger partial charge < -0.3 is 15.0 Å². The first-order chi connectivity index (χ1) is 9.77. The fourth-order valence-electron chi connectivity index (χ4n) is 1.95. The fraction of sp³-hybridized carbons (Fsp3) is 0.625. The number of nitrogens with zero attached hydrogens (tertiary/aromatic N) is 1. The maximum atomic E-state index is 12.9. The molecule has 114 valence electrons. The molecule has 0 atom stereocenters. The normalized spacial score (nSPS) is 10.8. The van der Waals surface area contributed by atoms with E-state index >= 15 is 0 Å². The molecule has 0 fully saturated rings. The number of ether oxygens (including phenoxy) is 1. The monoisotopic (exact) mass is 282 g/mol. The van der Waals surface area contributed by atoms with Gasteiger partial charge >= 0.3 is 0 Å². The summed E-state index contributed by atoms with van der Waals surface area (Å²) in [5, 5.41) is 3.37. The lowest BCUT2D eigenvalue weighted by atomic mass is 10.3. The molecule has 1 aromatic carbocycles. The summed E-state index contributed by atoms with van der Waals surface area (Å²) in [5.41, 5.74) is 1.06. The second-order valence-electron chi connectivity index (χ2n) is 4.77. The van der Waals surface area contributed by atoms with Gasteiger partial charge in [0.25, 0.3) is 0 Å². The third kappa shape index (κ3) is 6.87. The van der Waals surface area contributed by atoms with Gasteiger partial charge in [-0.25, -0.2) is 4.39 Å². The molecule has 4 heteroatoms. The molecule has 0 saturated heterocycles. The Balaban J connectivity index is 2.14. The third-order valence-electron chi connectivity index (χ3n) is 3.20. The Morgan fingerprint density at radius 3 is 2.50 bits per heavy atom. The zero-order chi connectivity index (χ0) is 14.6. The molecule has 0 aromatic heterocycles. The number of likely N-dealkylation sites (N-methyl/N-ethyl adjacent to an activating group) is 1. The van der Waals surface area contributed by atoms with Crippen molar-refractivity contribution in [3.8, 4) is 0 Å². The fourth-order valence-corrected chi connectivity index (χ4v) is 1.95. The summed E-state index contributed by atoms with van der Waals surface area (Å²) in [6, 6.07) is 6.67.